The van der Waals surface area contributed by atoms with Crippen LogP contribution in [-0.2, 0) is 0 Å². The van der Waals surface area contributed by atoms with Crippen LogP contribution in [0.25, 0.3) is 0 Å². The van der Waals surface area contributed by atoms with E-state index in [1.54, 1.807) is 12.1 Å². The van der Waals surface area contributed by atoms with E-state index < -0.39 is 5.97 Å². The molecule has 1 N–H and O–H groups in total. The summed E-state index contributed by atoms with van der Waals surface area (Å²) in [6.45, 7) is 1.93. The Morgan fingerprint density at radius 1 is 1.13 bits per heavy atom. The Kier molecular flexibility index (Phi) is 5.31. The highest BCUT2D eigenvalue weighted by molar-refractivity contribution is 5.97. The summed E-state index contributed by atoms with van der Waals surface area (Å²) >= 11 is 0. The predicted molar refractivity (Wildman–Crippen MR) is 59.4 cm³/mol. The number of carboxylic acid groups (broad SMARTS) is 1. The molecule has 0 aliphatic rings. The van der Waals surface area contributed by atoms with E-state index >= 15 is 0 Å². The first-order chi connectivity index (χ1) is 6.65. The molecule has 3 nitrogen and oxygen atoms in total. The zero-order valence-electron chi connectivity index (χ0n) is 7.99. The Balaban J connectivity index is 0.00000196. The third-order valence-electron chi connectivity index (χ3n) is 1.93. The maximum Gasteiger partial charge on any atom is 0.335 e. The average Bonchev–Trinajstić information content (AvgIpc) is 2.18. The zero-order valence-corrected chi connectivity index (χ0v) is 7.99. The lowest BCUT2D eigenvalue weighted by atomic mass is 10.1. The van der Waals surface area contributed by atoms with Crippen LogP contribution in [0.5, 0.6) is 0 Å². The van der Waals surface area contributed by atoms with Gasteiger partial charge in [0.25, 0.3) is 0 Å². The minimum Gasteiger partial charge on any atom is -0.478 e. The first kappa shape index (κ1) is 13.4. The van der Waals surface area contributed by atoms with Crippen molar-refractivity contribution < 1.29 is 14.7 Å². The van der Waals surface area contributed by atoms with Gasteiger partial charge in [-0.05, 0) is 18.6 Å². The number of hydrogen-bond acceptors (Lipinski definition) is 2. The molecule has 1 rings (SSSR count). The third kappa shape index (κ3) is 3.54. The predicted octanol–water partition coefficient (Wildman–Crippen LogP) is 3.00. The molecule has 0 heterocycles. The molecule has 0 aliphatic carbocycles. The van der Waals surface area contributed by atoms with Crippen molar-refractivity contribution in [2.24, 2.45) is 0 Å². The van der Waals surface area contributed by atoms with E-state index in [9.17, 15) is 9.59 Å². The topological polar surface area (TPSA) is 54.4 Å². The maximum atomic E-state index is 11.4. The minimum absolute atomic E-state index is 0. The Bertz CT molecular complexity index is 338. The molecular formula is C12H16O3. The molecule has 0 fully saturated rings. The number of hydrogen-bond donors (Lipinski definition) is 1. The normalized spacial score (nSPS) is 9.13. The van der Waals surface area contributed by atoms with Gasteiger partial charge in [-0.15, -0.1) is 0 Å². The number of carbonyl (C=O) groups excluding carboxylic acids is 1. The average molecular weight is 208 g/mol. The van der Waals surface area contributed by atoms with Gasteiger partial charge < -0.3 is 5.11 Å². The quantitative estimate of drug-likeness (QED) is 0.774. The molecule has 0 radical (unpaired) electrons. The van der Waals surface area contributed by atoms with Crippen LogP contribution in [0, 0.1) is 0 Å². The molecule has 82 valence electrons. The Morgan fingerprint density at radius 3 is 2.00 bits per heavy atom. The lowest BCUT2D eigenvalue weighted by Crippen LogP contribution is -2.00. The lowest BCUT2D eigenvalue weighted by Gasteiger charge is -1.99. The maximum absolute atomic E-state index is 11.4. The van der Waals surface area contributed by atoms with Gasteiger partial charge >= 0.3 is 5.97 Å². The van der Waals surface area contributed by atoms with Crippen molar-refractivity contribution >= 4 is 11.8 Å². The minimum atomic E-state index is -0.973. The molecule has 0 aliphatic heterocycles. The highest BCUT2D eigenvalue weighted by Crippen LogP contribution is 2.07. The van der Waals surface area contributed by atoms with Gasteiger partial charge in [-0.2, -0.15) is 0 Å². The summed E-state index contributed by atoms with van der Waals surface area (Å²) in [4.78, 5) is 21.9. The molecule has 0 bridgehead atoms. The number of ketones is 1. The molecule has 0 aromatic heterocycles. The molecule has 1 aromatic rings. The molecule has 0 spiro atoms. The Hall–Kier alpha value is -1.64. The van der Waals surface area contributed by atoms with Gasteiger partial charge in [0.15, 0.2) is 5.78 Å². The van der Waals surface area contributed by atoms with E-state index in [0.29, 0.717) is 12.0 Å². The van der Waals surface area contributed by atoms with Crippen molar-refractivity contribution in [3.05, 3.63) is 35.4 Å². The molecule has 1 aromatic carbocycles. The molecule has 0 amide bonds. The highest BCUT2D eigenvalue weighted by Gasteiger charge is 2.06. The fourth-order valence-electron chi connectivity index (χ4n) is 1.17. The molecule has 0 atom stereocenters. The summed E-state index contributed by atoms with van der Waals surface area (Å²) in [5, 5.41) is 8.63. The second-order valence-corrected chi connectivity index (χ2v) is 3.06. The molecule has 0 saturated carbocycles. The number of benzene rings is 1. The van der Waals surface area contributed by atoms with Crippen molar-refractivity contribution in [3.63, 3.8) is 0 Å². The van der Waals surface area contributed by atoms with Crippen molar-refractivity contribution in [1.29, 1.82) is 0 Å². The van der Waals surface area contributed by atoms with E-state index in [4.69, 9.17) is 5.11 Å². The van der Waals surface area contributed by atoms with Gasteiger partial charge in [0, 0.05) is 12.0 Å². The van der Waals surface area contributed by atoms with Crippen LogP contribution in [0.3, 0.4) is 0 Å². The first-order valence-corrected chi connectivity index (χ1v) is 4.51. The highest BCUT2D eigenvalue weighted by atomic mass is 16.4. The summed E-state index contributed by atoms with van der Waals surface area (Å²) in [7, 11) is 0. The van der Waals surface area contributed by atoms with Gasteiger partial charge in [-0.3, -0.25) is 4.79 Å². The smallest absolute Gasteiger partial charge is 0.335 e. The molecule has 3 heteroatoms. The largest absolute Gasteiger partial charge is 0.478 e. The van der Waals surface area contributed by atoms with Crippen molar-refractivity contribution in [2.75, 3.05) is 0 Å². The fraction of sp³-hybridized carbons (Fsp3) is 0.333. The van der Waals surface area contributed by atoms with Crippen molar-refractivity contribution in [1.82, 2.24) is 0 Å². The van der Waals surface area contributed by atoms with Crippen LogP contribution in [-0.4, -0.2) is 16.9 Å². The van der Waals surface area contributed by atoms with Gasteiger partial charge in [-0.1, -0.05) is 26.5 Å². The van der Waals surface area contributed by atoms with Gasteiger partial charge in [0.1, 0.15) is 0 Å². The van der Waals surface area contributed by atoms with Crippen LogP contribution in [0.2, 0.25) is 0 Å². The van der Waals surface area contributed by atoms with Gasteiger partial charge in [0.2, 0.25) is 0 Å². The molecule has 0 unspecified atom stereocenters. The number of carbonyl (C=O) groups is 2. The van der Waals surface area contributed by atoms with Crippen LogP contribution < -0.4 is 0 Å². The lowest BCUT2D eigenvalue weighted by molar-refractivity contribution is 0.0696. The summed E-state index contributed by atoms with van der Waals surface area (Å²) in [6.07, 6.45) is 1.31. The standard InChI is InChI=1S/C11H12O3.CH4/c1-2-3-10(12)8-4-6-9(7-5-8)11(13)14;/h4-7H,2-3H2,1H3,(H,13,14);1H4. The van der Waals surface area contributed by atoms with Gasteiger partial charge in [0.05, 0.1) is 5.56 Å². The molecular weight excluding hydrogens is 192 g/mol. The second-order valence-electron chi connectivity index (χ2n) is 3.06. The Labute approximate surface area is 89.7 Å². The summed E-state index contributed by atoms with van der Waals surface area (Å²) in [5.41, 5.74) is 0.787. The van der Waals surface area contributed by atoms with Gasteiger partial charge in [-0.25, -0.2) is 4.79 Å². The van der Waals surface area contributed by atoms with E-state index in [2.05, 4.69) is 0 Å². The first-order valence-electron chi connectivity index (χ1n) is 4.51. The van der Waals surface area contributed by atoms with E-state index in [1.807, 2.05) is 6.92 Å². The molecule has 15 heavy (non-hydrogen) atoms. The zero-order chi connectivity index (χ0) is 10.6. The van der Waals surface area contributed by atoms with Crippen molar-refractivity contribution in [2.45, 2.75) is 27.2 Å². The van der Waals surface area contributed by atoms with E-state index in [1.165, 1.54) is 12.1 Å². The van der Waals surface area contributed by atoms with Crippen LogP contribution in [0.1, 0.15) is 47.9 Å². The van der Waals surface area contributed by atoms with E-state index in [0.717, 1.165) is 6.42 Å². The third-order valence-corrected chi connectivity index (χ3v) is 1.93. The summed E-state index contributed by atoms with van der Waals surface area (Å²) < 4.78 is 0. The van der Waals surface area contributed by atoms with Crippen LogP contribution in [0.4, 0.5) is 0 Å². The second kappa shape index (κ2) is 5.96. The SMILES string of the molecule is C.CCCC(=O)c1ccc(C(=O)O)cc1. The monoisotopic (exact) mass is 208 g/mol. The van der Waals surface area contributed by atoms with E-state index in [-0.39, 0.29) is 18.8 Å². The number of aromatic carboxylic acids is 1. The van der Waals surface area contributed by atoms with Crippen LogP contribution >= 0.6 is 0 Å². The van der Waals surface area contributed by atoms with Crippen LogP contribution in [0.15, 0.2) is 24.3 Å². The number of rotatable bonds is 4. The summed E-state index contributed by atoms with van der Waals surface area (Å²) in [6, 6.07) is 6.01. The molecule has 0 saturated heterocycles. The van der Waals surface area contributed by atoms with Crippen molar-refractivity contribution in [3.8, 4) is 0 Å². The Morgan fingerprint density at radius 2 is 1.60 bits per heavy atom. The summed E-state index contributed by atoms with van der Waals surface area (Å²) in [5.74, 6) is -0.913. The number of Topliss-reactive ketones (excluding diaryl/α,β-unsaturated/α-hetero) is 1. The number of carboxylic acids is 1. The fourth-order valence-corrected chi connectivity index (χ4v) is 1.17.